The number of hydrogen-bond donors (Lipinski definition) is 2. The van der Waals surface area contributed by atoms with E-state index in [2.05, 4.69) is 0 Å². The molecule has 3 N–H and O–H groups in total. The van der Waals surface area contributed by atoms with Gasteiger partial charge in [-0.3, -0.25) is 9.59 Å². The number of rotatable bonds is 5. The molecule has 14 heavy (non-hydrogen) atoms. The molecule has 0 bridgehead atoms. The third-order valence-corrected chi connectivity index (χ3v) is 1.79. The van der Waals surface area contributed by atoms with Gasteiger partial charge in [0.15, 0.2) is 0 Å². The molecule has 82 valence electrons. The Morgan fingerprint density at radius 2 is 1.93 bits per heavy atom. The van der Waals surface area contributed by atoms with Gasteiger partial charge in [0, 0.05) is 7.05 Å². The van der Waals surface area contributed by atoms with E-state index >= 15 is 0 Å². The largest absolute Gasteiger partial charge is 0.480 e. The summed E-state index contributed by atoms with van der Waals surface area (Å²) in [6.07, 6.45) is 0.572. The van der Waals surface area contributed by atoms with Crippen LogP contribution in [0.25, 0.3) is 0 Å². The first-order valence-corrected chi connectivity index (χ1v) is 4.57. The lowest BCUT2D eigenvalue weighted by Gasteiger charge is -2.20. The SMILES string of the molecule is CC(C)CC(N)C(=O)N(C)CC(=O)O. The number of nitrogens with zero attached hydrogens (tertiary/aromatic N) is 1. The van der Waals surface area contributed by atoms with Crippen LogP contribution in [0.15, 0.2) is 0 Å². The van der Waals surface area contributed by atoms with E-state index in [1.807, 2.05) is 13.8 Å². The van der Waals surface area contributed by atoms with Gasteiger partial charge < -0.3 is 15.7 Å². The summed E-state index contributed by atoms with van der Waals surface area (Å²) < 4.78 is 0. The summed E-state index contributed by atoms with van der Waals surface area (Å²) in [5, 5.41) is 8.46. The molecule has 0 saturated carbocycles. The number of aliphatic carboxylic acids is 1. The molecule has 0 rings (SSSR count). The number of carbonyl (C=O) groups excluding carboxylic acids is 1. The smallest absolute Gasteiger partial charge is 0.323 e. The van der Waals surface area contributed by atoms with Crippen LogP contribution < -0.4 is 5.73 Å². The number of likely N-dealkylation sites (N-methyl/N-ethyl adjacent to an activating group) is 1. The topological polar surface area (TPSA) is 83.6 Å². The van der Waals surface area contributed by atoms with E-state index in [0.717, 1.165) is 4.90 Å². The molecule has 0 spiro atoms. The second kappa shape index (κ2) is 5.59. The van der Waals surface area contributed by atoms with E-state index in [1.165, 1.54) is 7.05 Å². The van der Waals surface area contributed by atoms with Crippen molar-refractivity contribution in [1.82, 2.24) is 4.90 Å². The molecular formula is C9H18N2O3. The number of hydrogen-bond acceptors (Lipinski definition) is 3. The zero-order valence-corrected chi connectivity index (χ0v) is 8.86. The Kier molecular flexibility index (Phi) is 5.15. The molecule has 0 aliphatic rings. The molecule has 0 heterocycles. The lowest BCUT2D eigenvalue weighted by molar-refractivity contribution is -0.144. The minimum atomic E-state index is -1.03. The molecule has 0 fully saturated rings. The van der Waals surface area contributed by atoms with Crippen molar-refractivity contribution in [2.45, 2.75) is 26.3 Å². The summed E-state index contributed by atoms with van der Waals surface area (Å²) in [6.45, 7) is 3.62. The minimum absolute atomic E-state index is 0.301. The van der Waals surface area contributed by atoms with Crippen LogP contribution in [0.1, 0.15) is 20.3 Å². The van der Waals surface area contributed by atoms with Crippen LogP contribution >= 0.6 is 0 Å². The quantitative estimate of drug-likeness (QED) is 0.652. The van der Waals surface area contributed by atoms with Gasteiger partial charge in [0.05, 0.1) is 6.04 Å². The fraction of sp³-hybridized carbons (Fsp3) is 0.778. The van der Waals surface area contributed by atoms with E-state index in [9.17, 15) is 9.59 Å². The number of carboxylic acids is 1. The third-order valence-electron chi connectivity index (χ3n) is 1.79. The van der Waals surface area contributed by atoms with Crippen molar-refractivity contribution in [2.24, 2.45) is 11.7 Å². The van der Waals surface area contributed by atoms with Gasteiger partial charge in [-0.2, -0.15) is 0 Å². The van der Waals surface area contributed by atoms with Gasteiger partial charge in [-0.05, 0) is 12.3 Å². The zero-order chi connectivity index (χ0) is 11.3. The predicted octanol–water partition coefficient (Wildman–Crippen LogP) is -0.0972. The second-order valence-electron chi connectivity index (χ2n) is 3.82. The Morgan fingerprint density at radius 1 is 1.43 bits per heavy atom. The van der Waals surface area contributed by atoms with E-state index in [-0.39, 0.29) is 12.5 Å². The number of carboxylic acid groups (broad SMARTS) is 1. The molecule has 1 amide bonds. The van der Waals surface area contributed by atoms with Crippen molar-refractivity contribution in [3.05, 3.63) is 0 Å². The normalized spacial score (nSPS) is 12.6. The molecule has 5 nitrogen and oxygen atoms in total. The van der Waals surface area contributed by atoms with Crippen molar-refractivity contribution in [3.63, 3.8) is 0 Å². The predicted molar refractivity (Wildman–Crippen MR) is 52.7 cm³/mol. The summed E-state index contributed by atoms with van der Waals surface area (Å²) in [5.74, 6) is -1.02. The molecule has 1 atom stereocenters. The van der Waals surface area contributed by atoms with Crippen LogP contribution in [0, 0.1) is 5.92 Å². The fourth-order valence-electron chi connectivity index (χ4n) is 1.17. The van der Waals surface area contributed by atoms with Crippen molar-refractivity contribution >= 4 is 11.9 Å². The van der Waals surface area contributed by atoms with Gasteiger partial charge >= 0.3 is 5.97 Å². The zero-order valence-electron chi connectivity index (χ0n) is 8.86. The van der Waals surface area contributed by atoms with Crippen LogP contribution in [0.5, 0.6) is 0 Å². The highest BCUT2D eigenvalue weighted by Gasteiger charge is 2.20. The molecule has 0 aliphatic heterocycles. The van der Waals surface area contributed by atoms with Crippen molar-refractivity contribution in [3.8, 4) is 0 Å². The molecule has 0 aromatic heterocycles. The Labute approximate surface area is 83.9 Å². The monoisotopic (exact) mass is 202 g/mol. The maximum atomic E-state index is 11.5. The summed E-state index contributed by atoms with van der Waals surface area (Å²) in [5.41, 5.74) is 5.61. The van der Waals surface area contributed by atoms with Gasteiger partial charge in [0.1, 0.15) is 6.54 Å². The summed E-state index contributed by atoms with van der Waals surface area (Å²) in [6, 6.07) is -0.598. The first-order chi connectivity index (χ1) is 6.34. The summed E-state index contributed by atoms with van der Waals surface area (Å²) >= 11 is 0. The number of amides is 1. The average Bonchev–Trinajstić information content (AvgIpc) is 2.00. The Bertz CT molecular complexity index is 216. The molecule has 0 saturated heterocycles. The molecule has 5 heteroatoms. The first-order valence-electron chi connectivity index (χ1n) is 4.57. The maximum Gasteiger partial charge on any atom is 0.323 e. The fourth-order valence-corrected chi connectivity index (χ4v) is 1.17. The van der Waals surface area contributed by atoms with Crippen LogP contribution in [0.4, 0.5) is 0 Å². The highest BCUT2D eigenvalue weighted by molar-refractivity contribution is 5.84. The van der Waals surface area contributed by atoms with Crippen LogP contribution in [-0.2, 0) is 9.59 Å². The Balaban J connectivity index is 4.10. The van der Waals surface area contributed by atoms with E-state index in [4.69, 9.17) is 10.8 Å². The van der Waals surface area contributed by atoms with Gasteiger partial charge in [-0.25, -0.2) is 0 Å². The summed E-state index contributed by atoms with van der Waals surface area (Å²) in [7, 11) is 1.44. The van der Waals surface area contributed by atoms with Gasteiger partial charge in [0.25, 0.3) is 0 Å². The Morgan fingerprint density at radius 3 is 2.29 bits per heavy atom. The molecule has 0 aromatic rings. The van der Waals surface area contributed by atoms with Crippen molar-refractivity contribution in [2.75, 3.05) is 13.6 Å². The molecule has 0 aliphatic carbocycles. The highest BCUT2D eigenvalue weighted by atomic mass is 16.4. The maximum absolute atomic E-state index is 11.5. The van der Waals surface area contributed by atoms with E-state index in [1.54, 1.807) is 0 Å². The molecular weight excluding hydrogens is 184 g/mol. The van der Waals surface area contributed by atoms with Crippen LogP contribution in [0.3, 0.4) is 0 Å². The lowest BCUT2D eigenvalue weighted by atomic mass is 10.0. The van der Waals surface area contributed by atoms with Gasteiger partial charge in [-0.1, -0.05) is 13.8 Å². The van der Waals surface area contributed by atoms with Crippen molar-refractivity contribution < 1.29 is 14.7 Å². The second-order valence-corrected chi connectivity index (χ2v) is 3.82. The average molecular weight is 202 g/mol. The first kappa shape index (κ1) is 12.9. The summed E-state index contributed by atoms with van der Waals surface area (Å²) in [4.78, 5) is 22.9. The molecule has 1 unspecified atom stereocenters. The van der Waals surface area contributed by atoms with Crippen LogP contribution in [-0.4, -0.2) is 41.5 Å². The van der Waals surface area contributed by atoms with Gasteiger partial charge in [0.2, 0.25) is 5.91 Å². The standard InChI is InChI=1S/C9H18N2O3/c1-6(2)4-7(10)9(14)11(3)5-8(12)13/h6-7H,4-5,10H2,1-3H3,(H,12,13). The van der Waals surface area contributed by atoms with Gasteiger partial charge in [-0.15, -0.1) is 0 Å². The number of nitrogens with two attached hydrogens (primary N) is 1. The molecule has 0 radical (unpaired) electrons. The minimum Gasteiger partial charge on any atom is -0.480 e. The number of carbonyl (C=O) groups is 2. The van der Waals surface area contributed by atoms with E-state index in [0.29, 0.717) is 12.3 Å². The van der Waals surface area contributed by atoms with E-state index < -0.39 is 12.0 Å². The highest BCUT2D eigenvalue weighted by Crippen LogP contribution is 2.04. The Hall–Kier alpha value is -1.10. The van der Waals surface area contributed by atoms with Crippen LogP contribution in [0.2, 0.25) is 0 Å². The lowest BCUT2D eigenvalue weighted by Crippen LogP contribution is -2.44. The van der Waals surface area contributed by atoms with Crippen molar-refractivity contribution in [1.29, 1.82) is 0 Å². The third kappa shape index (κ3) is 4.81. The molecule has 0 aromatic carbocycles.